The Hall–Kier alpha value is 0. The summed E-state index contributed by atoms with van der Waals surface area (Å²) in [6.07, 6.45) is 2.93. The van der Waals surface area contributed by atoms with Gasteiger partial charge in [-0.25, -0.2) is 0 Å². The molecule has 1 aliphatic carbocycles. The molecule has 0 radical (unpaired) electrons. The number of hydrogen-bond donors (Lipinski definition) is 0. The van der Waals surface area contributed by atoms with Gasteiger partial charge in [0.1, 0.15) is 0 Å². The molecular weight excluding hydrogens is 264 g/mol. The number of hydrogen-bond acceptors (Lipinski definition) is 0. The Morgan fingerprint density at radius 3 is 0.955 bits per heavy atom. The Morgan fingerprint density at radius 1 is 0.455 bits per heavy atom. The molecule has 1 fully saturated rings. The molecule has 0 heterocycles. The molecule has 0 aromatic rings. The predicted octanol–water partition coefficient (Wildman–Crippen LogP) is 7.14. The van der Waals surface area contributed by atoms with Gasteiger partial charge in [0, 0.05) is 0 Å². The summed E-state index contributed by atoms with van der Waals surface area (Å²) in [6, 6.07) is 0. The van der Waals surface area contributed by atoms with Gasteiger partial charge in [-0.05, 0) is 72.0 Å². The molecule has 0 spiro atoms. The molecule has 0 heteroatoms. The molecule has 0 saturated heterocycles. The normalized spacial score (nSPS) is 34.2. The van der Waals surface area contributed by atoms with Crippen molar-refractivity contribution in [2.45, 2.75) is 82.1 Å². The van der Waals surface area contributed by atoms with E-state index in [-0.39, 0.29) is 0 Å². The summed E-state index contributed by atoms with van der Waals surface area (Å²) in [7, 11) is 0. The average molecular weight is 309 g/mol. The van der Waals surface area contributed by atoms with Gasteiger partial charge in [0.05, 0.1) is 0 Å². The van der Waals surface area contributed by atoms with Crippen LogP contribution in [0.25, 0.3) is 0 Å². The number of rotatable bonds is 5. The second-order valence-electron chi connectivity index (χ2n) is 9.93. The Labute approximate surface area is 141 Å². The monoisotopic (exact) mass is 308 g/mol. The fourth-order valence-corrected chi connectivity index (χ4v) is 5.54. The van der Waals surface area contributed by atoms with E-state index >= 15 is 0 Å². The maximum absolute atomic E-state index is 2.49. The fraction of sp³-hybridized carbons (Fsp3) is 1.00. The van der Waals surface area contributed by atoms with Crippen LogP contribution in [0, 0.1) is 59.2 Å². The van der Waals surface area contributed by atoms with Gasteiger partial charge in [0.25, 0.3) is 0 Å². The lowest BCUT2D eigenvalue weighted by atomic mass is 9.62. The zero-order valence-electron chi connectivity index (χ0n) is 17.2. The average Bonchev–Trinajstić information content (AvgIpc) is 2.55. The van der Waals surface area contributed by atoms with E-state index in [0.29, 0.717) is 0 Å². The first kappa shape index (κ1) is 20.0. The predicted molar refractivity (Wildman–Crippen MR) is 101 cm³/mol. The minimum Gasteiger partial charge on any atom is -0.0625 e. The summed E-state index contributed by atoms with van der Waals surface area (Å²) < 4.78 is 0. The fourth-order valence-electron chi connectivity index (χ4n) is 5.54. The van der Waals surface area contributed by atoms with Crippen molar-refractivity contribution in [3.8, 4) is 0 Å². The van der Waals surface area contributed by atoms with Crippen LogP contribution in [-0.2, 0) is 0 Å². The smallest absolute Gasteiger partial charge is 0.0327 e. The summed E-state index contributed by atoms with van der Waals surface area (Å²) in [5, 5.41) is 0. The molecule has 0 bridgehead atoms. The van der Waals surface area contributed by atoms with Crippen LogP contribution in [-0.4, -0.2) is 0 Å². The largest absolute Gasteiger partial charge is 0.0625 e. The molecular formula is C22H44. The Morgan fingerprint density at radius 2 is 0.773 bits per heavy atom. The molecule has 1 aliphatic rings. The van der Waals surface area contributed by atoms with Crippen molar-refractivity contribution in [2.75, 3.05) is 0 Å². The summed E-state index contributed by atoms with van der Waals surface area (Å²) in [5.74, 6) is 8.63. The van der Waals surface area contributed by atoms with Crippen molar-refractivity contribution in [3.05, 3.63) is 0 Å². The molecule has 1 saturated carbocycles. The Bertz CT molecular complexity index is 282. The molecule has 0 nitrogen and oxygen atoms in total. The van der Waals surface area contributed by atoms with Crippen LogP contribution in [0.5, 0.6) is 0 Å². The van der Waals surface area contributed by atoms with Crippen LogP contribution in [0.2, 0.25) is 0 Å². The van der Waals surface area contributed by atoms with Gasteiger partial charge in [-0.15, -0.1) is 0 Å². The van der Waals surface area contributed by atoms with E-state index in [4.69, 9.17) is 0 Å². The summed E-state index contributed by atoms with van der Waals surface area (Å²) >= 11 is 0. The third-order valence-corrected chi connectivity index (χ3v) is 6.78. The van der Waals surface area contributed by atoms with E-state index in [9.17, 15) is 0 Å². The molecule has 132 valence electrons. The van der Waals surface area contributed by atoms with Gasteiger partial charge < -0.3 is 0 Å². The van der Waals surface area contributed by atoms with Crippen LogP contribution in [0.1, 0.15) is 82.1 Å². The first-order valence-electron chi connectivity index (χ1n) is 10.1. The van der Waals surface area contributed by atoms with Crippen LogP contribution in [0.3, 0.4) is 0 Å². The van der Waals surface area contributed by atoms with Crippen LogP contribution < -0.4 is 0 Å². The SMILES string of the molecule is CC(C)C1CC(C(C)C)C(C(C)C)C(C(C)C)C(C(C)C)C1. The molecule has 22 heavy (non-hydrogen) atoms. The third kappa shape index (κ3) is 4.51. The molecule has 0 N–H and O–H groups in total. The first-order chi connectivity index (χ1) is 10.1. The van der Waals surface area contributed by atoms with Crippen molar-refractivity contribution >= 4 is 0 Å². The van der Waals surface area contributed by atoms with E-state index < -0.39 is 0 Å². The maximum atomic E-state index is 2.49. The summed E-state index contributed by atoms with van der Waals surface area (Å²) in [6.45, 7) is 24.8. The van der Waals surface area contributed by atoms with E-state index in [1.807, 2.05) is 0 Å². The highest BCUT2D eigenvalue weighted by Gasteiger charge is 2.44. The molecule has 4 unspecified atom stereocenters. The van der Waals surface area contributed by atoms with Gasteiger partial charge in [0.2, 0.25) is 0 Å². The lowest BCUT2D eigenvalue weighted by molar-refractivity contribution is 0.0504. The quantitative estimate of drug-likeness (QED) is 0.473. The standard InChI is InChI=1S/C22H44/c1-13(2)18-11-19(14(3)4)21(16(7)8)22(17(9)10)20(12-18)15(5)6/h13-22H,11-12H2,1-10H3. The van der Waals surface area contributed by atoms with Gasteiger partial charge in [-0.1, -0.05) is 69.2 Å². The first-order valence-corrected chi connectivity index (χ1v) is 10.1. The van der Waals surface area contributed by atoms with E-state index in [1.165, 1.54) is 12.8 Å². The topological polar surface area (TPSA) is 0 Å². The van der Waals surface area contributed by atoms with Gasteiger partial charge in [-0.2, -0.15) is 0 Å². The zero-order valence-corrected chi connectivity index (χ0v) is 17.2. The van der Waals surface area contributed by atoms with Crippen molar-refractivity contribution in [3.63, 3.8) is 0 Å². The van der Waals surface area contributed by atoms with Crippen LogP contribution in [0.15, 0.2) is 0 Å². The van der Waals surface area contributed by atoms with Gasteiger partial charge in [0.15, 0.2) is 0 Å². The summed E-state index contributed by atoms with van der Waals surface area (Å²) in [4.78, 5) is 0. The van der Waals surface area contributed by atoms with Crippen LogP contribution in [0.4, 0.5) is 0 Å². The minimum atomic E-state index is 0.812. The maximum Gasteiger partial charge on any atom is -0.0327 e. The molecule has 0 aliphatic heterocycles. The van der Waals surface area contributed by atoms with E-state index in [2.05, 4.69) is 69.2 Å². The highest BCUT2D eigenvalue weighted by molar-refractivity contribution is 4.93. The van der Waals surface area contributed by atoms with Gasteiger partial charge in [-0.3, -0.25) is 0 Å². The zero-order chi connectivity index (χ0) is 17.2. The lowest BCUT2D eigenvalue weighted by Crippen LogP contribution is -2.37. The molecule has 0 amide bonds. The third-order valence-electron chi connectivity index (χ3n) is 6.78. The van der Waals surface area contributed by atoms with Crippen molar-refractivity contribution in [1.82, 2.24) is 0 Å². The molecule has 0 aromatic heterocycles. The Balaban J connectivity index is 3.31. The molecule has 1 rings (SSSR count). The van der Waals surface area contributed by atoms with Crippen molar-refractivity contribution < 1.29 is 0 Å². The van der Waals surface area contributed by atoms with Crippen molar-refractivity contribution in [1.29, 1.82) is 0 Å². The molecule has 0 aromatic carbocycles. The van der Waals surface area contributed by atoms with E-state index in [0.717, 1.165) is 59.2 Å². The molecule has 4 atom stereocenters. The second-order valence-corrected chi connectivity index (χ2v) is 9.93. The lowest BCUT2D eigenvalue weighted by Gasteiger charge is -2.43. The van der Waals surface area contributed by atoms with Crippen molar-refractivity contribution in [2.24, 2.45) is 59.2 Å². The highest BCUT2D eigenvalue weighted by Crippen LogP contribution is 2.51. The minimum absolute atomic E-state index is 0.812. The highest BCUT2D eigenvalue weighted by atomic mass is 14.5. The van der Waals surface area contributed by atoms with E-state index in [1.54, 1.807) is 0 Å². The Kier molecular flexibility index (Phi) is 7.47. The van der Waals surface area contributed by atoms with Gasteiger partial charge >= 0.3 is 0 Å². The second kappa shape index (κ2) is 8.20. The van der Waals surface area contributed by atoms with Crippen LogP contribution >= 0.6 is 0 Å². The summed E-state index contributed by atoms with van der Waals surface area (Å²) in [5.41, 5.74) is 0.